The first-order valence-corrected chi connectivity index (χ1v) is 4.45. The fraction of sp³-hybridized carbons (Fsp3) is 0.300. The monoisotopic (exact) mass is 194 g/mol. The molecule has 0 saturated carbocycles. The number of aryl methyl sites for hydroxylation is 1. The van der Waals surface area contributed by atoms with Crippen molar-refractivity contribution in [3.63, 3.8) is 0 Å². The number of hydrogen-bond donors (Lipinski definition) is 3. The lowest BCUT2D eigenvalue weighted by molar-refractivity contribution is -0.137. The van der Waals surface area contributed by atoms with Gasteiger partial charge in [-0.05, 0) is 30.5 Å². The van der Waals surface area contributed by atoms with E-state index in [-0.39, 0.29) is 6.42 Å². The van der Waals surface area contributed by atoms with Crippen LogP contribution >= 0.6 is 0 Å². The number of hydrogen-bond acceptors (Lipinski definition) is 3. The van der Waals surface area contributed by atoms with Gasteiger partial charge < -0.3 is 16.6 Å². The summed E-state index contributed by atoms with van der Waals surface area (Å²) < 4.78 is 0. The summed E-state index contributed by atoms with van der Waals surface area (Å²) >= 11 is 0. The Morgan fingerprint density at radius 1 is 1.36 bits per heavy atom. The molecular weight excluding hydrogens is 180 g/mol. The van der Waals surface area contributed by atoms with Crippen molar-refractivity contribution in [2.45, 2.75) is 19.3 Å². The van der Waals surface area contributed by atoms with Gasteiger partial charge in [-0.3, -0.25) is 4.79 Å². The van der Waals surface area contributed by atoms with E-state index in [4.69, 9.17) is 16.6 Å². The number of rotatable bonds is 4. The van der Waals surface area contributed by atoms with Crippen LogP contribution in [0.3, 0.4) is 0 Å². The molecule has 1 aromatic carbocycles. The molecule has 0 spiro atoms. The third-order valence-electron chi connectivity index (χ3n) is 2.01. The van der Waals surface area contributed by atoms with E-state index in [2.05, 4.69) is 0 Å². The van der Waals surface area contributed by atoms with Crippen LogP contribution < -0.4 is 11.5 Å². The van der Waals surface area contributed by atoms with Gasteiger partial charge in [-0.2, -0.15) is 0 Å². The predicted octanol–water partition coefficient (Wildman–Crippen LogP) is 1.26. The van der Waals surface area contributed by atoms with Gasteiger partial charge in [0.1, 0.15) is 0 Å². The zero-order valence-electron chi connectivity index (χ0n) is 7.86. The summed E-state index contributed by atoms with van der Waals surface area (Å²) in [5, 5.41) is 8.45. The number of anilines is 2. The molecule has 0 bridgehead atoms. The SMILES string of the molecule is Nc1ccc(CCCC(=O)O)c(N)c1. The number of nitrogen functional groups attached to an aromatic ring is 2. The number of aliphatic carboxylic acids is 1. The molecule has 1 aromatic rings. The lowest BCUT2D eigenvalue weighted by Gasteiger charge is -2.05. The summed E-state index contributed by atoms with van der Waals surface area (Å²) in [5.41, 5.74) is 13.5. The Morgan fingerprint density at radius 3 is 2.64 bits per heavy atom. The number of benzene rings is 1. The van der Waals surface area contributed by atoms with Gasteiger partial charge in [0, 0.05) is 17.8 Å². The first-order chi connectivity index (χ1) is 6.59. The van der Waals surface area contributed by atoms with Crippen LogP contribution in [0, 0.1) is 0 Å². The molecule has 4 heteroatoms. The summed E-state index contributed by atoms with van der Waals surface area (Å²) in [6.07, 6.45) is 1.45. The highest BCUT2D eigenvalue weighted by Crippen LogP contribution is 2.17. The molecule has 0 unspecified atom stereocenters. The Hall–Kier alpha value is -1.71. The Labute approximate surface area is 82.5 Å². The van der Waals surface area contributed by atoms with Gasteiger partial charge in [0.25, 0.3) is 0 Å². The predicted molar refractivity (Wildman–Crippen MR) is 55.8 cm³/mol. The highest BCUT2D eigenvalue weighted by molar-refractivity contribution is 5.66. The lowest BCUT2D eigenvalue weighted by Crippen LogP contribution is -1.99. The van der Waals surface area contributed by atoms with Crippen LogP contribution in [0.1, 0.15) is 18.4 Å². The van der Waals surface area contributed by atoms with Crippen molar-refractivity contribution in [3.8, 4) is 0 Å². The van der Waals surface area contributed by atoms with Crippen LogP contribution in [-0.2, 0) is 11.2 Å². The zero-order chi connectivity index (χ0) is 10.6. The number of carbonyl (C=O) groups is 1. The minimum atomic E-state index is -0.779. The molecule has 0 heterocycles. The molecule has 5 N–H and O–H groups in total. The Kier molecular flexibility index (Phi) is 3.34. The standard InChI is InChI=1S/C10H14N2O2/c11-8-5-4-7(9(12)6-8)2-1-3-10(13)14/h4-6H,1-3,11-12H2,(H,13,14). The van der Waals surface area contributed by atoms with E-state index in [9.17, 15) is 4.79 Å². The molecule has 0 aromatic heterocycles. The summed E-state index contributed by atoms with van der Waals surface area (Å²) in [6.45, 7) is 0. The van der Waals surface area contributed by atoms with Gasteiger partial charge in [-0.25, -0.2) is 0 Å². The van der Waals surface area contributed by atoms with Crippen LogP contribution in [0.4, 0.5) is 11.4 Å². The molecule has 0 atom stereocenters. The second-order valence-electron chi connectivity index (χ2n) is 3.21. The summed E-state index contributed by atoms with van der Waals surface area (Å²) in [5.74, 6) is -0.779. The van der Waals surface area contributed by atoms with Crippen LogP contribution in [0.2, 0.25) is 0 Å². The molecule has 4 nitrogen and oxygen atoms in total. The third kappa shape index (κ3) is 2.97. The van der Waals surface area contributed by atoms with Gasteiger partial charge in [0.2, 0.25) is 0 Å². The molecule has 0 aliphatic heterocycles. The van der Waals surface area contributed by atoms with E-state index >= 15 is 0 Å². The van der Waals surface area contributed by atoms with Crippen molar-refractivity contribution in [1.29, 1.82) is 0 Å². The van der Waals surface area contributed by atoms with Crippen molar-refractivity contribution < 1.29 is 9.90 Å². The van der Waals surface area contributed by atoms with Crippen molar-refractivity contribution in [2.24, 2.45) is 0 Å². The minimum Gasteiger partial charge on any atom is -0.481 e. The number of nitrogens with two attached hydrogens (primary N) is 2. The highest BCUT2D eigenvalue weighted by atomic mass is 16.4. The Balaban J connectivity index is 2.55. The summed E-state index contributed by atoms with van der Waals surface area (Å²) in [4.78, 5) is 10.3. The van der Waals surface area contributed by atoms with Crippen LogP contribution in [0.25, 0.3) is 0 Å². The molecule has 0 aliphatic carbocycles. The van der Waals surface area contributed by atoms with E-state index in [1.807, 2.05) is 6.07 Å². The van der Waals surface area contributed by atoms with Crippen molar-refractivity contribution in [3.05, 3.63) is 23.8 Å². The third-order valence-corrected chi connectivity index (χ3v) is 2.01. The second-order valence-corrected chi connectivity index (χ2v) is 3.21. The van der Waals surface area contributed by atoms with E-state index in [1.165, 1.54) is 0 Å². The molecule has 0 fully saturated rings. The van der Waals surface area contributed by atoms with Crippen LogP contribution in [-0.4, -0.2) is 11.1 Å². The smallest absolute Gasteiger partial charge is 0.303 e. The quantitative estimate of drug-likeness (QED) is 0.629. The van der Waals surface area contributed by atoms with Crippen molar-refractivity contribution >= 4 is 17.3 Å². The van der Waals surface area contributed by atoms with E-state index in [0.29, 0.717) is 24.2 Å². The maximum absolute atomic E-state index is 10.3. The van der Waals surface area contributed by atoms with Gasteiger partial charge in [0.05, 0.1) is 0 Å². The fourth-order valence-corrected chi connectivity index (χ4v) is 1.27. The Morgan fingerprint density at radius 2 is 2.07 bits per heavy atom. The topological polar surface area (TPSA) is 89.3 Å². The van der Waals surface area contributed by atoms with E-state index in [1.54, 1.807) is 12.1 Å². The normalized spacial score (nSPS) is 10.0. The van der Waals surface area contributed by atoms with Gasteiger partial charge in [-0.1, -0.05) is 6.07 Å². The van der Waals surface area contributed by atoms with Crippen LogP contribution in [0.5, 0.6) is 0 Å². The Bertz CT molecular complexity index is 337. The largest absolute Gasteiger partial charge is 0.481 e. The first-order valence-electron chi connectivity index (χ1n) is 4.45. The van der Waals surface area contributed by atoms with Crippen molar-refractivity contribution in [1.82, 2.24) is 0 Å². The lowest BCUT2D eigenvalue weighted by atomic mass is 10.1. The second kappa shape index (κ2) is 4.50. The zero-order valence-corrected chi connectivity index (χ0v) is 7.86. The maximum atomic E-state index is 10.3. The van der Waals surface area contributed by atoms with Gasteiger partial charge >= 0.3 is 5.97 Å². The summed E-state index contributed by atoms with van der Waals surface area (Å²) in [6, 6.07) is 5.30. The number of carboxylic acid groups (broad SMARTS) is 1. The minimum absolute atomic E-state index is 0.170. The number of carboxylic acids is 1. The highest BCUT2D eigenvalue weighted by Gasteiger charge is 2.01. The molecule has 0 amide bonds. The molecular formula is C10H14N2O2. The average Bonchev–Trinajstić information content (AvgIpc) is 2.08. The molecule has 0 aliphatic rings. The summed E-state index contributed by atoms with van der Waals surface area (Å²) in [7, 11) is 0. The van der Waals surface area contributed by atoms with Gasteiger partial charge in [-0.15, -0.1) is 0 Å². The van der Waals surface area contributed by atoms with E-state index < -0.39 is 5.97 Å². The molecule has 0 saturated heterocycles. The maximum Gasteiger partial charge on any atom is 0.303 e. The first kappa shape index (κ1) is 10.4. The molecule has 1 rings (SSSR count). The van der Waals surface area contributed by atoms with Gasteiger partial charge in [0.15, 0.2) is 0 Å². The molecule has 0 radical (unpaired) electrons. The van der Waals surface area contributed by atoms with Crippen molar-refractivity contribution in [2.75, 3.05) is 11.5 Å². The van der Waals surface area contributed by atoms with Crippen LogP contribution in [0.15, 0.2) is 18.2 Å². The molecule has 14 heavy (non-hydrogen) atoms. The average molecular weight is 194 g/mol. The molecule has 76 valence electrons. The fourth-order valence-electron chi connectivity index (χ4n) is 1.27. The van der Waals surface area contributed by atoms with E-state index in [0.717, 1.165) is 5.56 Å².